The van der Waals surface area contributed by atoms with Crippen LogP contribution in [0.4, 0.5) is 45.5 Å². The molecule has 0 bridgehead atoms. The molecule has 0 radical (unpaired) electrons. The molecule has 0 aliphatic heterocycles. The molecular weight excluding hydrogens is 993 g/mol. The summed E-state index contributed by atoms with van der Waals surface area (Å²) in [5.41, 5.74) is 19.6. The lowest BCUT2D eigenvalue weighted by Gasteiger charge is -2.49. The smallest absolute Gasteiger partial charge is 0.0554 e. The molecule has 8 unspecified atom stereocenters. The van der Waals surface area contributed by atoms with Gasteiger partial charge in [-0.2, -0.15) is 0 Å². The van der Waals surface area contributed by atoms with Crippen molar-refractivity contribution >= 4 is 62.3 Å². The highest BCUT2D eigenvalue weighted by molar-refractivity contribution is 5.90. The molecule has 3 saturated carbocycles. The molecule has 82 heavy (non-hydrogen) atoms. The largest absolute Gasteiger partial charge is 0.338 e. The fourth-order valence-corrected chi connectivity index (χ4v) is 15.6. The number of para-hydroxylation sites is 2. The van der Waals surface area contributed by atoms with E-state index in [-0.39, 0.29) is 16.9 Å². The molecule has 0 N–H and O–H groups in total. The number of hydrogen-bond acceptors (Lipinski definition) is 4. The Labute approximate surface area is 484 Å². The van der Waals surface area contributed by atoms with Crippen LogP contribution in [-0.4, -0.2) is 6.04 Å². The Bertz CT molecular complexity index is 3980. The molecule has 7 aromatic rings. The number of fused-ring (bicyclic) bond motifs is 7. The van der Waals surface area contributed by atoms with E-state index in [1.54, 1.807) is 5.57 Å². The van der Waals surface area contributed by atoms with E-state index in [4.69, 9.17) is 0 Å². The Morgan fingerprint density at radius 2 is 1.21 bits per heavy atom. The summed E-state index contributed by atoms with van der Waals surface area (Å²) < 4.78 is 0. The SMILES string of the molecule is CC12CC(N(c3ccc(N(C4=CC5CC56C=CC=CC6=C4)c4ccccc4)cc3)C3C=CCC(N(c4ccc(N(c5ccccc5)c5ccc6ccccc6c5)cc4)c4ccc5c(c4)C=CC4CC54)=CC3)=CCC=C1CC=CC1CCC12. The molecule has 4 nitrogen and oxygen atoms in total. The van der Waals surface area contributed by atoms with Gasteiger partial charge in [0.2, 0.25) is 0 Å². The maximum Gasteiger partial charge on any atom is 0.0554 e. The predicted octanol–water partition coefficient (Wildman–Crippen LogP) is 20.4. The van der Waals surface area contributed by atoms with Gasteiger partial charge in [-0.3, -0.25) is 0 Å². The van der Waals surface area contributed by atoms with Gasteiger partial charge in [0.05, 0.1) is 6.04 Å². The molecule has 9 aliphatic carbocycles. The zero-order valence-electron chi connectivity index (χ0n) is 46.9. The van der Waals surface area contributed by atoms with Crippen LogP contribution in [0.15, 0.2) is 283 Å². The normalized spacial score (nSPS) is 26.6. The van der Waals surface area contributed by atoms with Crippen LogP contribution in [0, 0.1) is 34.5 Å². The minimum absolute atomic E-state index is 0.100. The lowest BCUT2D eigenvalue weighted by molar-refractivity contribution is 0.0876. The minimum Gasteiger partial charge on any atom is -0.338 e. The molecule has 1 spiro atoms. The third-order valence-corrected chi connectivity index (χ3v) is 20.2. The number of hydrogen-bond donors (Lipinski definition) is 0. The van der Waals surface area contributed by atoms with Crippen molar-refractivity contribution in [2.24, 2.45) is 34.5 Å². The fraction of sp³-hybridized carbons (Fsp3) is 0.231. The van der Waals surface area contributed by atoms with Crippen LogP contribution in [0.2, 0.25) is 0 Å². The third-order valence-electron chi connectivity index (χ3n) is 20.2. The second kappa shape index (κ2) is 19.8. The maximum absolute atomic E-state index is 2.75. The van der Waals surface area contributed by atoms with Gasteiger partial charge in [0.15, 0.2) is 0 Å². The highest BCUT2D eigenvalue weighted by Crippen LogP contribution is 2.64. The van der Waals surface area contributed by atoms with Gasteiger partial charge in [0.25, 0.3) is 0 Å². The van der Waals surface area contributed by atoms with Gasteiger partial charge in [-0.05, 0) is 217 Å². The third kappa shape index (κ3) is 8.55. The van der Waals surface area contributed by atoms with E-state index in [1.807, 2.05) is 0 Å². The Hall–Kier alpha value is -8.60. The van der Waals surface area contributed by atoms with Crippen molar-refractivity contribution in [2.45, 2.75) is 76.7 Å². The first-order valence-electron chi connectivity index (χ1n) is 30.5. The van der Waals surface area contributed by atoms with E-state index in [1.165, 1.54) is 93.0 Å². The quantitative estimate of drug-likeness (QED) is 0.113. The summed E-state index contributed by atoms with van der Waals surface area (Å²) in [7, 11) is 0. The second-order valence-electron chi connectivity index (χ2n) is 24.9. The van der Waals surface area contributed by atoms with Crippen molar-refractivity contribution in [3.63, 3.8) is 0 Å². The Kier molecular flexibility index (Phi) is 11.9. The maximum atomic E-state index is 2.75. The highest BCUT2D eigenvalue weighted by atomic mass is 15.2. The molecule has 0 amide bonds. The van der Waals surface area contributed by atoms with Crippen LogP contribution < -0.4 is 19.6 Å². The Morgan fingerprint density at radius 3 is 2.00 bits per heavy atom. The van der Waals surface area contributed by atoms with Crippen LogP contribution in [0.3, 0.4) is 0 Å². The molecule has 9 aliphatic rings. The monoisotopic (exact) mass is 1060 g/mol. The first-order valence-corrected chi connectivity index (χ1v) is 30.5. The standard InChI is InChI=1S/C78H70N4/c1-77-53-72(27-13-20-59(77)19-12-17-55-31-45-76(55)77)81(68-39-41-69(42-40-68)82(63-23-6-3-7-24-63)73-50-60-18-10-11-46-78(60)52-61(78)51-73)65-26-14-25-64(33-34-65)80(71-43-44-74-57(48-71)28-29-58-49-75(58)74)67-37-35-66(36-38-67)79(62-21-4-2-5-22-62)70-32-30-54-15-8-9-16-56(54)47-70/h2-12,14-18,20-24,26-30,32-33,35-44,46-48,50-51,55,58,61,65,75-76H,13,19,25,31,34,45,49,52-53H2,1H3. The number of anilines is 8. The molecule has 4 heteroatoms. The predicted molar refractivity (Wildman–Crippen MR) is 343 cm³/mol. The first-order chi connectivity index (χ1) is 40.4. The van der Waals surface area contributed by atoms with E-state index in [0.29, 0.717) is 29.6 Å². The van der Waals surface area contributed by atoms with Crippen LogP contribution in [0.5, 0.6) is 0 Å². The van der Waals surface area contributed by atoms with Crippen molar-refractivity contribution in [1.82, 2.24) is 0 Å². The number of allylic oxidation sites excluding steroid dienone is 15. The first kappa shape index (κ1) is 49.2. The van der Waals surface area contributed by atoms with E-state index in [0.717, 1.165) is 54.9 Å². The number of nitrogens with zero attached hydrogens (tertiary/aromatic N) is 4. The van der Waals surface area contributed by atoms with Crippen LogP contribution in [-0.2, 0) is 0 Å². The molecule has 0 aromatic heterocycles. The summed E-state index contributed by atoms with van der Waals surface area (Å²) in [5, 5.41) is 2.47. The van der Waals surface area contributed by atoms with E-state index >= 15 is 0 Å². The van der Waals surface area contributed by atoms with E-state index in [9.17, 15) is 0 Å². The van der Waals surface area contributed by atoms with Gasteiger partial charge in [-0.1, -0.05) is 170 Å². The lowest BCUT2D eigenvalue weighted by atomic mass is 9.56. The molecule has 402 valence electrons. The van der Waals surface area contributed by atoms with Crippen molar-refractivity contribution in [3.8, 4) is 0 Å². The van der Waals surface area contributed by atoms with Crippen LogP contribution >= 0.6 is 0 Å². The summed E-state index contributed by atoms with van der Waals surface area (Å²) >= 11 is 0. The fourth-order valence-electron chi connectivity index (χ4n) is 15.6. The van der Waals surface area contributed by atoms with Gasteiger partial charge >= 0.3 is 0 Å². The van der Waals surface area contributed by atoms with Gasteiger partial charge < -0.3 is 19.6 Å². The van der Waals surface area contributed by atoms with Crippen LogP contribution in [0.1, 0.15) is 81.8 Å². The summed E-state index contributed by atoms with van der Waals surface area (Å²) in [4.78, 5) is 10.2. The number of rotatable bonds is 12. The lowest BCUT2D eigenvalue weighted by Crippen LogP contribution is -2.42. The van der Waals surface area contributed by atoms with Crippen molar-refractivity contribution in [2.75, 3.05) is 19.6 Å². The van der Waals surface area contributed by atoms with Gasteiger partial charge in [-0.15, -0.1) is 0 Å². The zero-order valence-corrected chi connectivity index (χ0v) is 46.9. The number of benzene rings is 7. The topological polar surface area (TPSA) is 13.0 Å². The highest BCUT2D eigenvalue weighted by Gasteiger charge is 2.55. The summed E-state index contributed by atoms with van der Waals surface area (Å²) in [5.74, 6) is 3.22. The average Bonchev–Trinajstić information content (AvgIpc) is 3.77. The van der Waals surface area contributed by atoms with Crippen molar-refractivity contribution in [3.05, 3.63) is 294 Å². The van der Waals surface area contributed by atoms with E-state index in [2.05, 4.69) is 288 Å². The molecule has 7 aromatic carbocycles. The molecule has 0 heterocycles. The van der Waals surface area contributed by atoms with Crippen LogP contribution in [0.25, 0.3) is 16.8 Å². The molecule has 0 saturated heterocycles. The van der Waals surface area contributed by atoms with Gasteiger partial charge in [0.1, 0.15) is 0 Å². The van der Waals surface area contributed by atoms with E-state index < -0.39 is 0 Å². The Morgan fingerprint density at radius 1 is 0.524 bits per heavy atom. The molecule has 8 atom stereocenters. The second-order valence-corrected chi connectivity index (χ2v) is 24.9. The van der Waals surface area contributed by atoms with Gasteiger partial charge in [-0.25, -0.2) is 0 Å². The van der Waals surface area contributed by atoms with Crippen molar-refractivity contribution in [1.29, 1.82) is 0 Å². The Balaban J connectivity index is 0.773. The molecular formula is C78H70N4. The molecule has 16 rings (SSSR count). The van der Waals surface area contributed by atoms with Gasteiger partial charge in [0, 0.05) is 74.4 Å². The summed E-state index contributed by atoms with van der Waals surface area (Å²) in [6, 6.07) is 63.6. The average molecular weight is 1060 g/mol. The van der Waals surface area contributed by atoms with Crippen molar-refractivity contribution < 1.29 is 0 Å². The summed E-state index contributed by atoms with van der Waals surface area (Å²) in [6.07, 6.45) is 46.6. The minimum atomic E-state index is 0.100. The molecule has 3 fully saturated rings. The summed E-state index contributed by atoms with van der Waals surface area (Å²) in [6.45, 7) is 2.61. The zero-order chi connectivity index (χ0) is 54.4.